The van der Waals surface area contributed by atoms with Gasteiger partial charge in [-0.1, -0.05) is 17.7 Å². The second kappa shape index (κ2) is 5.73. The van der Waals surface area contributed by atoms with E-state index in [1.54, 1.807) is 18.2 Å². The summed E-state index contributed by atoms with van der Waals surface area (Å²) in [6.07, 6.45) is 0.431. The summed E-state index contributed by atoms with van der Waals surface area (Å²) in [5, 5.41) is 8.81. The van der Waals surface area contributed by atoms with Gasteiger partial charge in [0, 0.05) is 10.9 Å². The number of ether oxygens (including phenoxy) is 2. The molecule has 0 aromatic heterocycles. The van der Waals surface area contributed by atoms with Crippen LogP contribution in [0.1, 0.15) is 11.5 Å². The fourth-order valence-corrected chi connectivity index (χ4v) is 5.80. The second-order valence-corrected chi connectivity index (χ2v) is 8.68. The minimum atomic E-state index is -3.91. The zero-order valence-electron chi connectivity index (χ0n) is 13.3. The molecule has 0 spiro atoms. The molecule has 8 heteroatoms. The number of carbonyl (C=O) groups excluding carboxylic acids is 1. The fraction of sp³-hybridized carbons (Fsp3) is 0.222. The Morgan fingerprint density at radius 3 is 2.50 bits per heavy atom. The van der Waals surface area contributed by atoms with Gasteiger partial charge in [-0.3, -0.25) is 0 Å². The molecule has 0 radical (unpaired) electrons. The standard InChI is InChI=1S/C18H12ClNO5S/c19-12-2-4-13(5-3-12)26(22,23)17-16(18(17,8-20)9-21)11-1-6-14-15(7-11)25-10-24-14/h1-7,9,16-17H,10H2/t16-,17+,18+/m1/s1. The maximum Gasteiger partial charge on any atom is 0.231 e. The number of fused-ring (bicyclic) bond motifs is 1. The van der Waals surface area contributed by atoms with E-state index < -0.39 is 26.4 Å². The number of nitrogens with zero attached hydrogens (tertiary/aromatic N) is 1. The molecule has 0 unspecified atom stereocenters. The first-order valence-electron chi connectivity index (χ1n) is 7.70. The van der Waals surface area contributed by atoms with E-state index in [0.29, 0.717) is 28.4 Å². The molecule has 1 aliphatic carbocycles. The molecule has 26 heavy (non-hydrogen) atoms. The van der Waals surface area contributed by atoms with Gasteiger partial charge in [-0.2, -0.15) is 5.26 Å². The van der Waals surface area contributed by atoms with Crippen molar-refractivity contribution in [3.8, 4) is 17.6 Å². The molecule has 132 valence electrons. The number of nitriles is 1. The number of carbonyl (C=O) groups is 1. The molecule has 0 saturated heterocycles. The average Bonchev–Trinajstić information content (AvgIpc) is 3.12. The van der Waals surface area contributed by atoms with Gasteiger partial charge in [0.05, 0.1) is 11.0 Å². The van der Waals surface area contributed by atoms with Crippen molar-refractivity contribution in [2.45, 2.75) is 16.1 Å². The van der Waals surface area contributed by atoms with E-state index in [0.717, 1.165) is 0 Å². The maximum atomic E-state index is 13.0. The lowest BCUT2D eigenvalue weighted by atomic mass is 10.0. The summed E-state index contributed by atoms with van der Waals surface area (Å²) in [7, 11) is -3.91. The number of hydrogen-bond acceptors (Lipinski definition) is 6. The SMILES string of the molecule is N#C[C@]1(C=O)[C@H](c2ccc3c(c2)OCO3)[C@@H]1S(=O)(=O)c1ccc(Cl)cc1. The number of rotatable bonds is 4. The monoisotopic (exact) mass is 389 g/mol. The van der Waals surface area contributed by atoms with E-state index in [4.69, 9.17) is 21.1 Å². The third-order valence-corrected chi connectivity index (χ3v) is 7.31. The van der Waals surface area contributed by atoms with Crippen molar-refractivity contribution in [3.63, 3.8) is 0 Å². The minimum Gasteiger partial charge on any atom is -0.454 e. The second-order valence-electron chi connectivity index (χ2n) is 6.17. The van der Waals surface area contributed by atoms with E-state index in [2.05, 4.69) is 0 Å². The third kappa shape index (κ3) is 2.30. The molecular formula is C18H12ClNO5S. The fourth-order valence-electron chi connectivity index (χ4n) is 3.44. The third-order valence-electron chi connectivity index (χ3n) is 4.80. The van der Waals surface area contributed by atoms with Crippen molar-refractivity contribution in [2.24, 2.45) is 5.41 Å². The Labute approximate surface area is 154 Å². The first-order valence-corrected chi connectivity index (χ1v) is 9.63. The Hall–Kier alpha value is -2.56. The Balaban J connectivity index is 1.79. The highest BCUT2D eigenvalue weighted by Gasteiger charge is 2.72. The molecule has 0 amide bonds. The molecule has 4 rings (SSSR count). The van der Waals surface area contributed by atoms with Crippen LogP contribution in [-0.4, -0.2) is 26.7 Å². The van der Waals surface area contributed by atoms with Gasteiger partial charge >= 0.3 is 0 Å². The zero-order chi connectivity index (χ0) is 18.5. The number of halogens is 1. The molecule has 0 N–H and O–H groups in total. The Kier molecular flexibility index (Phi) is 3.72. The number of sulfone groups is 1. The van der Waals surface area contributed by atoms with Crippen LogP contribution in [0, 0.1) is 16.7 Å². The largest absolute Gasteiger partial charge is 0.454 e. The van der Waals surface area contributed by atoms with Crippen molar-refractivity contribution >= 4 is 27.7 Å². The van der Waals surface area contributed by atoms with E-state index in [1.165, 1.54) is 24.3 Å². The van der Waals surface area contributed by atoms with E-state index >= 15 is 0 Å². The first-order chi connectivity index (χ1) is 12.4. The smallest absolute Gasteiger partial charge is 0.231 e. The average molecular weight is 390 g/mol. The molecule has 1 aliphatic heterocycles. The van der Waals surface area contributed by atoms with Crippen LogP contribution in [0.15, 0.2) is 47.4 Å². The van der Waals surface area contributed by atoms with E-state index in [9.17, 15) is 18.5 Å². The Bertz CT molecular complexity index is 1040. The highest BCUT2D eigenvalue weighted by molar-refractivity contribution is 7.92. The maximum absolute atomic E-state index is 13.0. The Morgan fingerprint density at radius 2 is 1.85 bits per heavy atom. The molecule has 1 heterocycles. The van der Waals surface area contributed by atoms with Gasteiger partial charge in [-0.15, -0.1) is 0 Å². The lowest BCUT2D eigenvalue weighted by Crippen LogP contribution is -2.16. The van der Waals surface area contributed by atoms with E-state index in [-0.39, 0.29) is 11.7 Å². The highest BCUT2D eigenvalue weighted by Crippen LogP contribution is 2.63. The van der Waals surface area contributed by atoms with Gasteiger partial charge < -0.3 is 14.3 Å². The summed E-state index contributed by atoms with van der Waals surface area (Å²) in [6, 6.07) is 12.5. The summed E-state index contributed by atoms with van der Waals surface area (Å²) in [6.45, 7) is 0.0764. The highest BCUT2D eigenvalue weighted by atomic mass is 35.5. The molecule has 0 bridgehead atoms. The summed E-state index contributed by atoms with van der Waals surface area (Å²) < 4.78 is 36.7. The molecule has 6 nitrogen and oxygen atoms in total. The summed E-state index contributed by atoms with van der Waals surface area (Å²) in [5.74, 6) is 0.232. The summed E-state index contributed by atoms with van der Waals surface area (Å²) >= 11 is 5.82. The molecular weight excluding hydrogens is 378 g/mol. The number of aldehydes is 1. The van der Waals surface area contributed by atoms with Gasteiger partial charge in [-0.25, -0.2) is 8.42 Å². The van der Waals surface area contributed by atoms with Gasteiger partial charge in [0.15, 0.2) is 21.3 Å². The van der Waals surface area contributed by atoms with Crippen LogP contribution < -0.4 is 9.47 Å². The summed E-state index contributed by atoms with van der Waals surface area (Å²) in [5.41, 5.74) is -1.09. The van der Waals surface area contributed by atoms with Crippen molar-refractivity contribution in [3.05, 3.63) is 53.1 Å². The van der Waals surface area contributed by atoms with Gasteiger partial charge in [0.2, 0.25) is 6.79 Å². The topological polar surface area (TPSA) is 93.5 Å². The lowest BCUT2D eigenvalue weighted by molar-refractivity contribution is -0.110. The Morgan fingerprint density at radius 1 is 1.15 bits per heavy atom. The summed E-state index contributed by atoms with van der Waals surface area (Å²) in [4.78, 5) is 11.7. The van der Waals surface area contributed by atoms with Crippen LogP contribution in [0.25, 0.3) is 0 Å². The van der Waals surface area contributed by atoms with Gasteiger partial charge in [0.25, 0.3) is 0 Å². The van der Waals surface area contributed by atoms with Crippen LogP contribution in [0.2, 0.25) is 5.02 Å². The normalized spacial score (nSPS) is 26.2. The molecule has 1 fully saturated rings. The predicted molar refractivity (Wildman–Crippen MR) is 91.8 cm³/mol. The van der Waals surface area contributed by atoms with Crippen molar-refractivity contribution in [1.29, 1.82) is 5.26 Å². The van der Waals surface area contributed by atoms with Crippen LogP contribution in [0.5, 0.6) is 11.5 Å². The van der Waals surface area contributed by atoms with E-state index in [1.807, 2.05) is 6.07 Å². The molecule has 1 saturated carbocycles. The van der Waals surface area contributed by atoms with Crippen LogP contribution >= 0.6 is 11.6 Å². The molecule has 2 aliphatic rings. The quantitative estimate of drug-likeness (QED) is 0.746. The first kappa shape index (κ1) is 16.9. The molecule has 2 aromatic carbocycles. The molecule has 3 atom stereocenters. The predicted octanol–water partition coefficient (Wildman–Crippen LogP) is 2.72. The number of hydrogen-bond donors (Lipinski definition) is 0. The van der Waals surface area contributed by atoms with Crippen molar-refractivity contribution < 1.29 is 22.7 Å². The van der Waals surface area contributed by atoms with Crippen molar-refractivity contribution in [2.75, 3.05) is 6.79 Å². The van der Waals surface area contributed by atoms with Crippen LogP contribution in [0.4, 0.5) is 0 Å². The zero-order valence-corrected chi connectivity index (χ0v) is 14.8. The number of benzene rings is 2. The van der Waals surface area contributed by atoms with Crippen LogP contribution in [-0.2, 0) is 14.6 Å². The van der Waals surface area contributed by atoms with Gasteiger partial charge in [-0.05, 0) is 42.0 Å². The van der Waals surface area contributed by atoms with Crippen LogP contribution in [0.3, 0.4) is 0 Å². The lowest BCUT2D eigenvalue weighted by Gasteiger charge is -2.05. The van der Waals surface area contributed by atoms with Crippen molar-refractivity contribution in [1.82, 2.24) is 0 Å². The van der Waals surface area contributed by atoms with Gasteiger partial charge in [0.1, 0.15) is 17.0 Å². The molecule has 2 aromatic rings. The minimum absolute atomic E-state index is 0.0246.